The number of benzene rings is 2. The lowest BCUT2D eigenvalue weighted by atomic mass is 10.1. The Hall–Kier alpha value is -4.15. The highest BCUT2D eigenvalue weighted by Crippen LogP contribution is 2.40. The first kappa shape index (κ1) is 24.2. The smallest absolute Gasteiger partial charge is 0.221 e. The summed E-state index contributed by atoms with van der Waals surface area (Å²) in [5.41, 5.74) is 2.77. The van der Waals surface area contributed by atoms with E-state index in [0.29, 0.717) is 22.6 Å². The van der Waals surface area contributed by atoms with Crippen molar-refractivity contribution in [2.75, 3.05) is 0 Å². The number of ether oxygens (including phenoxy) is 3. The summed E-state index contributed by atoms with van der Waals surface area (Å²) >= 11 is 0. The third-order valence-electron chi connectivity index (χ3n) is 6.57. The molecule has 2 saturated heterocycles. The molecule has 0 saturated carbocycles. The van der Waals surface area contributed by atoms with E-state index in [-0.39, 0.29) is 19.0 Å². The number of aromatic hydroxyl groups is 1. The molecule has 4 heterocycles. The quantitative estimate of drug-likeness (QED) is 0.370. The van der Waals surface area contributed by atoms with Gasteiger partial charge in [0.1, 0.15) is 24.0 Å². The number of nitriles is 1. The first-order chi connectivity index (χ1) is 18.3. The largest absolute Gasteiger partial charge is 0.493 e. The average molecular weight is 516 g/mol. The number of aliphatic hydroxyl groups excluding tert-OH is 1. The molecule has 0 bridgehead atoms. The van der Waals surface area contributed by atoms with E-state index in [1.54, 1.807) is 53.6 Å². The molecule has 0 unspecified atom stereocenters. The summed E-state index contributed by atoms with van der Waals surface area (Å²) in [6.07, 6.45) is -0.880. The predicted octanol–water partition coefficient (Wildman–Crippen LogP) is 3.51. The molecule has 12 nitrogen and oxygen atoms in total. The Morgan fingerprint density at radius 2 is 1.89 bits per heavy atom. The minimum atomic E-state index is -0.865. The van der Waals surface area contributed by atoms with Gasteiger partial charge in [-0.3, -0.25) is 0 Å². The van der Waals surface area contributed by atoms with Gasteiger partial charge in [-0.05, 0) is 44.2 Å². The molecule has 2 aliphatic rings. The second-order valence-corrected chi connectivity index (χ2v) is 9.70. The van der Waals surface area contributed by atoms with Crippen molar-refractivity contribution < 1.29 is 24.4 Å². The van der Waals surface area contributed by atoms with Crippen LogP contribution >= 0.6 is 0 Å². The van der Waals surface area contributed by atoms with Gasteiger partial charge in [-0.1, -0.05) is 23.4 Å². The molecular formula is C26H25N7O5. The first-order valence-corrected chi connectivity index (χ1v) is 12.1. The van der Waals surface area contributed by atoms with E-state index >= 15 is 0 Å². The zero-order chi connectivity index (χ0) is 26.4. The Morgan fingerprint density at radius 1 is 1.11 bits per heavy atom. The zero-order valence-corrected chi connectivity index (χ0v) is 20.7. The van der Waals surface area contributed by atoms with Crippen molar-refractivity contribution in [3.63, 3.8) is 0 Å². The molecule has 0 aliphatic carbocycles. The van der Waals surface area contributed by atoms with Crippen molar-refractivity contribution in [1.82, 2.24) is 19.6 Å². The second-order valence-electron chi connectivity index (χ2n) is 9.70. The van der Waals surface area contributed by atoms with E-state index in [9.17, 15) is 10.2 Å². The predicted molar refractivity (Wildman–Crippen MR) is 133 cm³/mol. The number of aliphatic hydroxyl groups is 1. The number of azo groups is 1. The van der Waals surface area contributed by atoms with E-state index < -0.39 is 30.4 Å². The SMILES string of the molecule is CC1(C)O[C@H]2O[C@H](Cn3cc(Cn4c(O)c(N=Nc5ccc(C#N)cc5)c5ccccc54)nn3)[C@H](O)[C@H]2O1. The number of aromatic nitrogens is 4. The minimum Gasteiger partial charge on any atom is -0.493 e. The normalized spacial score (nSPS) is 24.3. The number of hydrogen-bond donors (Lipinski definition) is 2. The minimum absolute atomic E-state index is 0.0579. The zero-order valence-electron chi connectivity index (χ0n) is 20.7. The van der Waals surface area contributed by atoms with Crippen molar-refractivity contribution in [2.24, 2.45) is 10.2 Å². The van der Waals surface area contributed by atoms with Crippen molar-refractivity contribution >= 4 is 22.3 Å². The Balaban J connectivity index is 1.20. The average Bonchev–Trinajstić information content (AvgIpc) is 3.62. The van der Waals surface area contributed by atoms with Gasteiger partial charge < -0.3 is 29.0 Å². The summed E-state index contributed by atoms with van der Waals surface area (Å²) in [4.78, 5) is 0. The fraction of sp³-hybridized carbons (Fsp3) is 0.346. The number of para-hydroxylation sites is 1. The van der Waals surface area contributed by atoms with E-state index in [4.69, 9.17) is 19.5 Å². The van der Waals surface area contributed by atoms with Gasteiger partial charge in [0.2, 0.25) is 5.88 Å². The lowest BCUT2D eigenvalue weighted by Crippen LogP contribution is -2.36. The maximum atomic E-state index is 11.1. The van der Waals surface area contributed by atoms with Crippen LogP contribution in [0.25, 0.3) is 10.9 Å². The molecule has 0 spiro atoms. The van der Waals surface area contributed by atoms with Crippen LogP contribution in [-0.4, -0.2) is 60.2 Å². The molecule has 0 radical (unpaired) electrons. The van der Waals surface area contributed by atoms with Gasteiger partial charge in [0.25, 0.3) is 0 Å². The van der Waals surface area contributed by atoms with Crippen LogP contribution in [0, 0.1) is 11.3 Å². The highest BCUT2D eigenvalue weighted by Gasteiger charge is 2.54. The van der Waals surface area contributed by atoms with Crippen LogP contribution in [0.1, 0.15) is 25.1 Å². The number of rotatable bonds is 6. The Morgan fingerprint density at radius 3 is 2.66 bits per heavy atom. The first-order valence-electron chi connectivity index (χ1n) is 12.1. The molecule has 0 amide bonds. The van der Waals surface area contributed by atoms with E-state index in [1.165, 1.54) is 0 Å². The number of hydrogen-bond acceptors (Lipinski definition) is 10. The fourth-order valence-electron chi connectivity index (χ4n) is 4.80. The number of fused-ring (bicyclic) bond motifs is 2. The lowest BCUT2D eigenvalue weighted by Gasteiger charge is -2.22. The Bertz CT molecular complexity index is 1550. The monoisotopic (exact) mass is 515 g/mol. The van der Waals surface area contributed by atoms with Gasteiger partial charge >= 0.3 is 0 Å². The van der Waals surface area contributed by atoms with Gasteiger partial charge in [-0.25, -0.2) is 4.68 Å². The lowest BCUT2D eigenvalue weighted by molar-refractivity contribution is -0.216. The van der Waals surface area contributed by atoms with Crippen LogP contribution in [0.3, 0.4) is 0 Å². The van der Waals surface area contributed by atoms with Gasteiger partial charge in [-0.15, -0.1) is 10.2 Å². The Labute approximate surface area is 217 Å². The molecule has 2 fully saturated rings. The van der Waals surface area contributed by atoms with E-state index in [0.717, 1.165) is 10.9 Å². The molecule has 12 heteroatoms. The molecule has 4 atom stereocenters. The summed E-state index contributed by atoms with van der Waals surface area (Å²) in [6, 6.07) is 16.2. The van der Waals surface area contributed by atoms with Gasteiger partial charge in [0.15, 0.2) is 17.8 Å². The maximum Gasteiger partial charge on any atom is 0.221 e. The standard InChI is InChI=1S/C26H25N7O5/c1-26(2)37-23-22(34)20(36-25(23)38-26)14-32-12-17(29-31-32)13-33-19-6-4-3-5-18(19)21(24(33)35)30-28-16-9-7-15(11-27)8-10-16/h3-10,12,20,22-23,25,34-35H,13-14H2,1-2H3/t20-,22+,23-,25-/m1/s1. The molecule has 2 aromatic heterocycles. The molecule has 2 N–H and O–H groups in total. The topological polar surface area (TPSA) is 152 Å². The van der Waals surface area contributed by atoms with E-state index in [1.807, 2.05) is 24.3 Å². The highest BCUT2D eigenvalue weighted by atomic mass is 16.8. The van der Waals surface area contributed by atoms with Crippen molar-refractivity contribution in [1.29, 1.82) is 5.26 Å². The third kappa shape index (κ3) is 4.42. The summed E-state index contributed by atoms with van der Waals surface area (Å²) in [5, 5.41) is 48.4. The molecule has 2 aliphatic heterocycles. The fourth-order valence-corrected chi connectivity index (χ4v) is 4.80. The summed E-state index contributed by atoms with van der Waals surface area (Å²) < 4.78 is 20.6. The van der Waals surface area contributed by atoms with Gasteiger partial charge in [0.05, 0.1) is 42.1 Å². The third-order valence-corrected chi connectivity index (χ3v) is 6.57. The van der Waals surface area contributed by atoms with Crippen LogP contribution in [-0.2, 0) is 27.3 Å². The maximum absolute atomic E-state index is 11.1. The van der Waals surface area contributed by atoms with Crippen molar-refractivity contribution in [3.8, 4) is 11.9 Å². The summed E-state index contributed by atoms with van der Waals surface area (Å²) in [7, 11) is 0. The van der Waals surface area contributed by atoms with Crippen molar-refractivity contribution in [3.05, 3.63) is 66.0 Å². The van der Waals surface area contributed by atoms with Crippen LogP contribution in [0.5, 0.6) is 5.88 Å². The van der Waals surface area contributed by atoms with Gasteiger partial charge in [0, 0.05) is 5.39 Å². The van der Waals surface area contributed by atoms with Gasteiger partial charge in [-0.2, -0.15) is 10.4 Å². The van der Waals surface area contributed by atoms with Crippen LogP contribution in [0.4, 0.5) is 11.4 Å². The van der Waals surface area contributed by atoms with Crippen LogP contribution in [0.2, 0.25) is 0 Å². The van der Waals surface area contributed by atoms with Crippen LogP contribution < -0.4 is 0 Å². The molecule has 6 rings (SSSR count). The van der Waals surface area contributed by atoms with Crippen LogP contribution in [0.15, 0.2) is 65.0 Å². The molecule has 194 valence electrons. The summed E-state index contributed by atoms with van der Waals surface area (Å²) in [6.45, 7) is 4.05. The molecule has 38 heavy (non-hydrogen) atoms. The van der Waals surface area contributed by atoms with Crippen molar-refractivity contribution in [2.45, 2.75) is 57.3 Å². The number of nitrogens with zero attached hydrogens (tertiary/aromatic N) is 7. The molecule has 4 aromatic rings. The molecule has 2 aromatic carbocycles. The summed E-state index contributed by atoms with van der Waals surface area (Å²) in [5.74, 6) is -0.860. The Kier molecular flexibility index (Phi) is 5.93. The highest BCUT2D eigenvalue weighted by molar-refractivity contribution is 5.95. The second kappa shape index (κ2) is 9.30. The molecular weight excluding hydrogens is 490 g/mol. The van der Waals surface area contributed by atoms with E-state index in [2.05, 4.69) is 26.6 Å².